The molecular weight excluding hydrogens is 249 g/mol. The van der Waals surface area contributed by atoms with E-state index in [2.05, 4.69) is 29.3 Å². The second-order valence-electron chi connectivity index (χ2n) is 5.03. The van der Waals surface area contributed by atoms with Crippen LogP contribution in [0.2, 0.25) is 0 Å². The molecule has 0 saturated carbocycles. The van der Waals surface area contributed by atoms with E-state index in [1.165, 1.54) is 17.7 Å². The van der Waals surface area contributed by atoms with Crippen molar-refractivity contribution in [3.05, 3.63) is 77.6 Å². The summed E-state index contributed by atoms with van der Waals surface area (Å²) in [6, 6.07) is 16.9. The molecule has 2 aromatic rings. The van der Waals surface area contributed by atoms with Gasteiger partial charge in [0.25, 0.3) is 0 Å². The molecule has 1 heterocycles. The maximum Gasteiger partial charge on any atom is 0.123 e. The average Bonchev–Trinajstić information content (AvgIpc) is 2.96. The highest BCUT2D eigenvalue weighted by Gasteiger charge is 2.17. The van der Waals surface area contributed by atoms with Crippen LogP contribution in [-0.4, -0.2) is 12.3 Å². The van der Waals surface area contributed by atoms with E-state index in [-0.39, 0.29) is 5.82 Å². The molecular formula is C18H16FN. The van der Waals surface area contributed by atoms with Gasteiger partial charge in [-0.3, -0.25) is 4.99 Å². The zero-order valence-electron chi connectivity index (χ0n) is 11.2. The highest BCUT2D eigenvalue weighted by Crippen LogP contribution is 2.21. The van der Waals surface area contributed by atoms with Crippen molar-refractivity contribution in [1.82, 2.24) is 0 Å². The number of rotatable bonds is 3. The molecule has 1 aliphatic heterocycles. The first-order valence-electron chi connectivity index (χ1n) is 6.84. The quantitative estimate of drug-likeness (QED) is 0.782. The molecule has 0 radical (unpaired) electrons. The normalized spacial score (nSPS) is 18.4. The van der Waals surface area contributed by atoms with Gasteiger partial charge in [-0.2, -0.15) is 0 Å². The zero-order valence-corrected chi connectivity index (χ0v) is 11.2. The van der Waals surface area contributed by atoms with Gasteiger partial charge >= 0.3 is 0 Å². The van der Waals surface area contributed by atoms with Gasteiger partial charge in [0.05, 0.1) is 0 Å². The van der Waals surface area contributed by atoms with Crippen molar-refractivity contribution in [1.29, 1.82) is 0 Å². The van der Waals surface area contributed by atoms with Gasteiger partial charge in [-0.25, -0.2) is 4.39 Å². The Morgan fingerprint density at radius 1 is 1.00 bits per heavy atom. The van der Waals surface area contributed by atoms with Gasteiger partial charge in [-0.1, -0.05) is 54.6 Å². The molecule has 0 saturated heterocycles. The van der Waals surface area contributed by atoms with Crippen molar-refractivity contribution in [2.45, 2.75) is 6.42 Å². The van der Waals surface area contributed by atoms with Gasteiger partial charge in [0, 0.05) is 18.2 Å². The minimum Gasteiger partial charge on any atom is -0.288 e. The molecule has 0 fully saturated rings. The first-order valence-corrected chi connectivity index (χ1v) is 6.84. The predicted molar refractivity (Wildman–Crippen MR) is 81.4 cm³/mol. The summed E-state index contributed by atoms with van der Waals surface area (Å²) in [5.74, 6) is 0.239. The molecule has 0 aliphatic carbocycles. The first-order chi connectivity index (χ1) is 9.81. The molecule has 1 nitrogen and oxygen atoms in total. The molecule has 0 amide bonds. The minimum atomic E-state index is -0.201. The number of halogens is 1. The predicted octanol–water partition coefficient (Wildman–Crippen LogP) is 4.35. The summed E-state index contributed by atoms with van der Waals surface area (Å²) < 4.78 is 12.9. The number of benzene rings is 2. The number of hydrogen-bond donors (Lipinski definition) is 0. The van der Waals surface area contributed by atoms with Crippen LogP contribution >= 0.6 is 0 Å². The van der Waals surface area contributed by atoms with E-state index < -0.39 is 0 Å². The van der Waals surface area contributed by atoms with Crippen molar-refractivity contribution in [2.24, 2.45) is 10.9 Å². The van der Waals surface area contributed by atoms with Crippen LogP contribution < -0.4 is 0 Å². The lowest BCUT2D eigenvalue weighted by Crippen LogP contribution is -2.00. The van der Waals surface area contributed by atoms with Crippen LogP contribution in [0.5, 0.6) is 0 Å². The van der Waals surface area contributed by atoms with Crippen molar-refractivity contribution in [3.8, 4) is 0 Å². The SMILES string of the molecule is Fc1ccc(C2=NC[C@@H](/C=C/c3ccccc3)C2)cc1. The topological polar surface area (TPSA) is 12.4 Å². The fraction of sp³-hybridized carbons (Fsp3) is 0.167. The molecule has 0 aromatic heterocycles. The molecule has 0 N–H and O–H groups in total. The van der Waals surface area contributed by atoms with Gasteiger partial charge in [0.15, 0.2) is 0 Å². The Hall–Kier alpha value is -2.22. The molecule has 0 unspecified atom stereocenters. The molecule has 20 heavy (non-hydrogen) atoms. The molecule has 0 bridgehead atoms. The molecule has 1 aliphatic rings. The second kappa shape index (κ2) is 5.83. The summed E-state index contributed by atoms with van der Waals surface area (Å²) in [6.07, 6.45) is 5.29. The van der Waals surface area contributed by atoms with Crippen LogP contribution in [0.1, 0.15) is 17.5 Å². The van der Waals surface area contributed by atoms with Crippen molar-refractivity contribution in [2.75, 3.05) is 6.54 Å². The van der Waals surface area contributed by atoms with E-state index >= 15 is 0 Å². The van der Waals surface area contributed by atoms with Crippen molar-refractivity contribution >= 4 is 11.8 Å². The first kappa shape index (κ1) is 12.8. The number of nitrogens with zero attached hydrogens (tertiary/aromatic N) is 1. The second-order valence-corrected chi connectivity index (χ2v) is 5.03. The van der Waals surface area contributed by atoms with Crippen LogP contribution in [0.3, 0.4) is 0 Å². The summed E-state index contributed by atoms with van der Waals surface area (Å²) >= 11 is 0. The molecule has 3 rings (SSSR count). The van der Waals surface area contributed by atoms with E-state index in [9.17, 15) is 4.39 Å². The van der Waals surface area contributed by atoms with Crippen LogP contribution in [0.25, 0.3) is 6.08 Å². The standard InChI is InChI=1S/C18H16FN/c19-17-10-8-16(9-11-17)18-12-15(13-20-18)7-6-14-4-2-1-3-5-14/h1-11,15H,12-13H2/b7-6+/t15-/m0/s1. The largest absolute Gasteiger partial charge is 0.288 e. The van der Waals surface area contributed by atoms with E-state index in [0.29, 0.717) is 5.92 Å². The Balaban J connectivity index is 1.64. The lowest BCUT2D eigenvalue weighted by atomic mass is 10.00. The third-order valence-electron chi connectivity index (χ3n) is 3.51. The van der Waals surface area contributed by atoms with Gasteiger partial charge < -0.3 is 0 Å². The lowest BCUT2D eigenvalue weighted by molar-refractivity contribution is 0.627. The van der Waals surface area contributed by atoms with Gasteiger partial charge in [-0.15, -0.1) is 0 Å². The highest BCUT2D eigenvalue weighted by molar-refractivity contribution is 6.01. The van der Waals surface area contributed by atoms with Crippen LogP contribution in [0.15, 0.2) is 65.7 Å². The Kier molecular flexibility index (Phi) is 3.73. The van der Waals surface area contributed by atoms with E-state index in [0.717, 1.165) is 24.2 Å². The van der Waals surface area contributed by atoms with E-state index in [1.54, 1.807) is 12.1 Å². The summed E-state index contributed by atoms with van der Waals surface area (Å²) in [6.45, 7) is 0.816. The van der Waals surface area contributed by atoms with E-state index in [4.69, 9.17) is 0 Å². The number of hydrogen-bond acceptors (Lipinski definition) is 1. The summed E-state index contributed by atoms with van der Waals surface area (Å²) in [7, 11) is 0. The van der Waals surface area contributed by atoms with Gasteiger partial charge in [0.1, 0.15) is 5.82 Å². The van der Waals surface area contributed by atoms with Crippen molar-refractivity contribution in [3.63, 3.8) is 0 Å². The monoisotopic (exact) mass is 265 g/mol. The molecule has 100 valence electrons. The Morgan fingerprint density at radius 2 is 1.75 bits per heavy atom. The fourth-order valence-electron chi connectivity index (χ4n) is 2.40. The van der Waals surface area contributed by atoms with Crippen LogP contribution in [0.4, 0.5) is 4.39 Å². The smallest absolute Gasteiger partial charge is 0.123 e. The maximum atomic E-state index is 12.9. The van der Waals surface area contributed by atoms with Crippen LogP contribution in [0, 0.1) is 11.7 Å². The maximum absolute atomic E-state index is 12.9. The summed E-state index contributed by atoms with van der Waals surface area (Å²) in [5, 5.41) is 0. The van der Waals surface area contributed by atoms with Gasteiger partial charge in [-0.05, 0) is 29.7 Å². The minimum absolute atomic E-state index is 0.201. The fourth-order valence-corrected chi connectivity index (χ4v) is 2.40. The third kappa shape index (κ3) is 3.02. The third-order valence-corrected chi connectivity index (χ3v) is 3.51. The molecule has 2 heteroatoms. The van der Waals surface area contributed by atoms with E-state index in [1.807, 2.05) is 18.2 Å². The highest BCUT2D eigenvalue weighted by atomic mass is 19.1. The van der Waals surface area contributed by atoms with Crippen molar-refractivity contribution < 1.29 is 4.39 Å². The zero-order chi connectivity index (χ0) is 13.8. The summed E-state index contributed by atoms with van der Waals surface area (Å²) in [5.41, 5.74) is 3.32. The Labute approximate surface area is 118 Å². The summed E-state index contributed by atoms with van der Waals surface area (Å²) in [4.78, 5) is 4.57. The molecule has 2 aromatic carbocycles. The Bertz CT molecular complexity index is 626. The average molecular weight is 265 g/mol. The van der Waals surface area contributed by atoms with Gasteiger partial charge in [0.2, 0.25) is 0 Å². The van der Waals surface area contributed by atoms with Crippen LogP contribution in [-0.2, 0) is 0 Å². The molecule has 0 spiro atoms. The Morgan fingerprint density at radius 3 is 2.50 bits per heavy atom. The molecule has 1 atom stereocenters. The number of aliphatic imine (C=N–C) groups is 1. The lowest BCUT2D eigenvalue weighted by Gasteiger charge is -2.03.